The zero-order valence-electron chi connectivity index (χ0n) is 14.1. The zero-order chi connectivity index (χ0) is 16.1. The van der Waals surface area contributed by atoms with Gasteiger partial charge in [-0.15, -0.1) is 0 Å². The molecule has 0 unspecified atom stereocenters. The van der Waals surface area contributed by atoms with Gasteiger partial charge in [-0.2, -0.15) is 0 Å². The topological polar surface area (TPSA) is 45.5 Å². The van der Waals surface area contributed by atoms with Crippen molar-refractivity contribution >= 4 is 16.9 Å². The van der Waals surface area contributed by atoms with E-state index in [2.05, 4.69) is 37.1 Å². The molecule has 3 heterocycles. The molecular formula is C19H24N2O2. The highest BCUT2D eigenvalue weighted by Crippen LogP contribution is 2.32. The molecule has 0 saturated carbocycles. The number of fused-ring (bicyclic) bond motifs is 2. The van der Waals surface area contributed by atoms with E-state index in [0.717, 1.165) is 42.6 Å². The van der Waals surface area contributed by atoms with E-state index < -0.39 is 0 Å². The Labute approximate surface area is 136 Å². The maximum Gasteiger partial charge on any atom is 0.227 e. The van der Waals surface area contributed by atoms with Gasteiger partial charge in [-0.25, -0.2) is 0 Å². The molecule has 2 saturated heterocycles. The number of aryl methyl sites for hydroxylation is 3. The van der Waals surface area contributed by atoms with Gasteiger partial charge >= 0.3 is 0 Å². The number of carbonyl (C=O) groups is 1. The average Bonchev–Trinajstić information content (AvgIpc) is 3.19. The van der Waals surface area contributed by atoms with Crippen LogP contribution in [0, 0.1) is 26.7 Å². The first-order valence-corrected chi connectivity index (χ1v) is 8.53. The van der Waals surface area contributed by atoms with E-state index in [1.54, 1.807) is 6.26 Å². The van der Waals surface area contributed by atoms with Gasteiger partial charge in [0.2, 0.25) is 5.91 Å². The molecule has 2 aliphatic rings. The smallest absolute Gasteiger partial charge is 0.227 e. The summed E-state index contributed by atoms with van der Waals surface area (Å²) in [7, 11) is 0. The zero-order valence-corrected chi connectivity index (χ0v) is 14.1. The van der Waals surface area contributed by atoms with Crippen molar-refractivity contribution in [2.45, 2.75) is 39.7 Å². The highest BCUT2D eigenvalue weighted by molar-refractivity contribution is 5.92. The van der Waals surface area contributed by atoms with Crippen LogP contribution < -0.4 is 5.32 Å². The molecule has 4 nitrogen and oxygen atoms in total. The fraction of sp³-hybridized carbons (Fsp3) is 0.526. The highest BCUT2D eigenvalue weighted by Gasteiger charge is 2.39. The summed E-state index contributed by atoms with van der Waals surface area (Å²) in [4.78, 5) is 14.9. The van der Waals surface area contributed by atoms with Crippen molar-refractivity contribution in [1.29, 1.82) is 0 Å². The summed E-state index contributed by atoms with van der Waals surface area (Å²) in [6.07, 6.45) is 3.36. The largest absolute Gasteiger partial charge is 0.464 e. The van der Waals surface area contributed by atoms with E-state index in [-0.39, 0.29) is 5.91 Å². The van der Waals surface area contributed by atoms with Crippen LogP contribution in [0.1, 0.15) is 28.7 Å². The maximum atomic E-state index is 12.8. The predicted molar refractivity (Wildman–Crippen MR) is 90.6 cm³/mol. The number of amides is 1. The molecule has 0 bridgehead atoms. The lowest BCUT2D eigenvalue weighted by Gasteiger charge is -2.23. The van der Waals surface area contributed by atoms with Crippen LogP contribution in [0.2, 0.25) is 0 Å². The molecule has 0 spiro atoms. The summed E-state index contributed by atoms with van der Waals surface area (Å²) in [6, 6.07) is 2.58. The Hall–Kier alpha value is -1.81. The van der Waals surface area contributed by atoms with Gasteiger partial charge in [-0.05, 0) is 49.8 Å². The van der Waals surface area contributed by atoms with Crippen LogP contribution in [0.3, 0.4) is 0 Å². The first-order chi connectivity index (χ1) is 11.1. The molecule has 1 amide bonds. The fourth-order valence-electron chi connectivity index (χ4n) is 4.34. The van der Waals surface area contributed by atoms with Gasteiger partial charge in [-0.3, -0.25) is 4.79 Å². The lowest BCUT2D eigenvalue weighted by molar-refractivity contribution is -0.131. The van der Waals surface area contributed by atoms with Crippen molar-refractivity contribution in [1.82, 2.24) is 10.2 Å². The van der Waals surface area contributed by atoms with Crippen LogP contribution in [-0.4, -0.2) is 36.5 Å². The number of furan rings is 1. The Kier molecular flexibility index (Phi) is 3.45. The number of hydrogen-bond acceptors (Lipinski definition) is 3. The van der Waals surface area contributed by atoms with Crippen LogP contribution in [0.4, 0.5) is 0 Å². The van der Waals surface area contributed by atoms with E-state index in [0.29, 0.717) is 18.4 Å². The molecule has 1 aromatic heterocycles. The summed E-state index contributed by atoms with van der Waals surface area (Å²) < 4.78 is 5.81. The summed E-state index contributed by atoms with van der Waals surface area (Å²) in [5.41, 5.74) is 5.57. The van der Waals surface area contributed by atoms with Crippen molar-refractivity contribution < 1.29 is 9.21 Å². The Morgan fingerprint density at radius 1 is 1.30 bits per heavy atom. The first-order valence-electron chi connectivity index (χ1n) is 8.53. The molecule has 2 aromatic rings. The monoisotopic (exact) mass is 312 g/mol. The highest BCUT2D eigenvalue weighted by atomic mass is 16.3. The second-order valence-electron chi connectivity index (χ2n) is 7.14. The van der Waals surface area contributed by atoms with Crippen LogP contribution in [0.15, 0.2) is 16.7 Å². The SMILES string of the molecule is Cc1cc(C)c2c(CC(=O)N3CC[C@@H]4CNC[C@@H]43)coc2c1C. The molecule has 23 heavy (non-hydrogen) atoms. The molecule has 4 heteroatoms. The third-order valence-electron chi connectivity index (χ3n) is 5.73. The lowest BCUT2D eigenvalue weighted by Crippen LogP contribution is -2.39. The molecule has 2 fully saturated rings. The summed E-state index contributed by atoms with van der Waals surface area (Å²) in [5.74, 6) is 0.883. The third-order valence-corrected chi connectivity index (χ3v) is 5.73. The molecular weight excluding hydrogens is 288 g/mol. The van der Waals surface area contributed by atoms with Gasteiger partial charge in [0.15, 0.2) is 0 Å². The number of benzene rings is 1. The normalized spacial score (nSPS) is 23.7. The standard InChI is InChI=1S/C19H24N2O2/c1-11-6-12(2)18-15(10-23-19(18)13(11)3)7-17(22)21-5-4-14-8-20-9-16(14)21/h6,10,14,16,20H,4-5,7-9H2,1-3H3/t14-,16+/m1/s1. The van der Waals surface area contributed by atoms with E-state index in [1.807, 2.05) is 0 Å². The van der Waals surface area contributed by atoms with Crippen LogP contribution in [0.5, 0.6) is 0 Å². The second kappa shape index (κ2) is 5.38. The Morgan fingerprint density at radius 3 is 2.96 bits per heavy atom. The Bertz CT molecular complexity index is 777. The van der Waals surface area contributed by atoms with Crippen molar-refractivity contribution in [3.63, 3.8) is 0 Å². The van der Waals surface area contributed by atoms with E-state index in [4.69, 9.17) is 4.42 Å². The van der Waals surface area contributed by atoms with Gasteiger partial charge in [0, 0.05) is 36.6 Å². The van der Waals surface area contributed by atoms with Crippen molar-refractivity contribution in [2.24, 2.45) is 5.92 Å². The second-order valence-corrected chi connectivity index (χ2v) is 7.14. The summed E-state index contributed by atoms with van der Waals surface area (Å²) in [5, 5.41) is 4.53. The Morgan fingerprint density at radius 2 is 2.13 bits per heavy atom. The third kappa shape index (κ3) is 2.27. The van der Waals surface area contributed by atoms with Gasteiger partial charge in [-0.1, -0.05) is 6.07 Å². The molecule has 1 aromatic carbocycles. The first kappa shape index (κ1) is 14.8. The van der Waals surface area contributed by atoms with Gasteiger partial charge in [0.1, 0.15) is 5.58 Å². The van der Waals surface area contributed by atoms with Crippen LogP contribution in [0.25, 0.3) is 11.0 Å². The van der Waals surface area contributed by atoms with Crippen LogP contribution in [-0.2, 0) is 11.2 Å². The molecule has 1 N–H and O–H groups in total. The maximum absolute atomic E-state index is 12.8. The number of nitrogens with one attached hydrogen (secondary N) is 1. The van der Waals surface area contributed by atoms with E-state index in [9.17, 15) is 4.79 Å². The number of carbonyl (C=O) groups excluding carboxylic acids is 1. The van der Waals surface area contributed by atoms with Crippen molar-refractivity contribution in [2.75, 3.05) is 19.6 Å². The minimum atomic E-state index is 0.238. The lowest BCUT2D eigenvalue weighted by atomic mass is 9.98. The molecule has 0 aliphatic carbocycles. The summed E-state index contributed by atoms with van der Waals surface area (Å²) in [6.45, 7) is 9.20. The number of hydrogen-bond donors (Lipinski definition) is 1. The van der Waals surface area contributed by atoms with Crippen molar-refractivity contribution in [3.05, 3.63) is 34.6 Å². The predicted octanol–water partition coefficient (Wildman–Crippen LogP) is 2.72. The number of rotatable bonds is 2. The van der Waals surface area contributed by atoms with Gasteiger partial charge in [0.05, 0.1) is 12.7 Å². The molecule has 0 radical (unpaired) electrons. The molecule has 2 atom stereocenters. The quantitative estimate of drug-likeness (QED) is 0.927. The van der Waals surface area contributed by atoms with Gasteiger partial charge in [0.25, 0.3) is 0 Å². The average molecular weight is 312 g/mol. The molecule has 4 rings (SSSR count). The fourth-order valence-corrected chi connectivity index (χ4v) is 4.34. The van der Waals surface area contributed by atoms with E-state index in [1.165, 1.54) is 16.7 Å². The van der Waals surface area contributed by atoms with Crippen molar-refractivity contribution in [3.8, 4) is 0 Å². The number of likely N-dealkylation sites (tertiary alicyclic amines) is 1. The minimum absolute atomic E-state index is 0.238. The van der Waals surface area contributed by atoms with Crippen LogP contribution >= 0.6 is 0 Å². The molecule has 122 valence electrons. The Balaban J connectivity index is 1.63. The van der Waals surface area contributed by atoms with E-state index >= 15 is 0 Å². The molecule has 2 aliphatic heterocycles. The van der Waals surface area contributed by atoms with Gasteiger partial charge < -0.3 is 14.6 Å². The number of nitrogens with zero attached hydrogens (tertiary/aromatic N) is 1. The minimum Gasteiger partial charge on any atom is -0.464 e. The summed E-state index contributed by atoms with van der Waals surface area (Å²) >= 11 is 0.